The van der Waals surface area contributed by atoms with Crippen molar-refractivity contribution in [2.45, 2.75) is 25.0 Å². The van der Waals surface area contributed by atoms with E-state index in [0.717, 1.165) is 44.8 Å². The van der Waals surface area contributed by atoms with Gasteiger partial charge < -0.3 is 15.0 Å². The summed E-state index contributed by atoms with van der Waals surface area (Å²) in [5, 5.41) is 9.88. The molecule has 0 radical (unpaired) electrons. The number of amides is 1. The van der Waals surface area contributed by atoms with E-state index in [1.54, 1.807) is 11.3 Å². The van der Waals surface area contributed by atoms with Gasteiger partial charge in [-0.25, -0.2) is 0 Å². The number of aromatic nitrogens is 1. The van der Waals surface area contributed by atoms with Crippen LogP contribution in [0, 0.1) is 3.95 Å². The summed E-state index contributed by atoms with van der Waals surface area (Å²) in [6.07, 6.45) is 0.867. The minimum atomic E-state index is -0.268. The maximum atomic E-state index is 13.1. The van der Waals surface area contributed by atoms with Gasteiger partial charge >= 0.3 is 0 Å². The second-order valence-electron chi connectivity index (χ2n) is 7.66. The van der Waals surface area contributed by atoms with Crippen molar-refractivity contribution in [1.82, 2.24) is 14.8 Å². The molecule has 2 N–H and O–H groups in total. The zero-order valence-corrected chi connectivity index (χ0v) is 18.0. The van der Waals surface area contributed by atoms with Crippen LogP contribution in [0.4, 0.5) is 0 Å². The van der Waals surface area contributed by atoms with Gasteiger partial charge in [0, 0.05) is 26.7 Å². The monoisotopic (exact) mass is 427 g/mol. The predicted octanol–water partition coefficient (Wildman–Crippen LogP) is 3.77. The summed E-state index contributed by atoms with van der Waals surface area (Å²) < 4.78 is 1.85. The number of benzene rings is 2. The third-order valence-corrected chi connectivity index (χ3v) is 6.78. The van der Waals surface area contributed by atoms with Crippen molar-refractivity contribution in [3.8, 4) is 0 Å². The lowest BCUT2D eigenvalue weighted by Crippen LogP contribution is -2.39. The van der Waals surface area contributed by atoms with Crippen LogP contribution in [0.15, 0.2) is 48.5 Å². The molecule has 1 fully saturated rings. The van der Waals surface area contributed by atoms with Crippen molar-refractivity contribution in [1.29, 1.82) is 0 Å². The number of hydrogen-bond donors (Lipinski definition) is 2. The molecular formula is C22H25N3O2S2. The van der Waals surface area contributed by atoms with E-state index in [2.05, 4.69) is 22.0 Å². The standard InChI is InChI=1S/C22H25N3O2S2/c1-24(21(27)12-15-7-8-20-18(11-15)23-22(28)29-20)19(16-5-3-2-4-6-16)14-25-10-9-17(26)13-25/h2-8,11,17,19,26H,9-10,12-14H2,1H3,(H,23,28)/t17?,19-/m1/s1. The highest BCUT2D eigenvalue weighted by Crippen LogP contribution is 2.25. The van der Waals surface area contributed by atoms with Crippen molar-refractivity contribution >= 4 is 39.7 Å². The molecule has 1 aromatic heterocycles. The zero-order chi connectivity index (χ0) is 20.4. The number of β-amino-alcohol motifs (C(OH)–C–C–N with tert-alkyl or cyclic N) is 1. The number of likely N-dealkylation sites (N-methyl/N-ethyl adjacent to an activating group) is 1. The van der Waals surface area contributed by atoms with Gasteiger partial charge in [0.05, 0.1) is 28.8 Å². The molecule has 3 aromatic rings. The van der Waals surface area contributed by atoms with Crippen molar-refractivity contribution in [3.63, 3.8) is 0 Å². The highest BCUT2D eigenvalue weighted by atomic mass is 32.1. The van der Waals surface area contributed by atoms with Gasteiger partial charge in [0.15, 0.2) is 3.95 Å². The van der Waals surface area contributed by atoms with E-state index in [0.29, 0.717) is 13.0 Å². The van der Waals surface area contributed by atoms with Crippen molar-refractivity contribution in [3.05, 3.63) is 63.6 Å². The summed E-state index contributed by atoms with van der Waals surface area (Å²) in [5.41, 5.74) is 3.07. The van der Waals surface area contributed by atoms with Crippen LogP contribution in [0.1, 0.15) is 23.6 Å². The minimum absolute atomic E-state index is 0.0512. The first-order valence-electron chi connectivity index (χ1n) is 9.82. The van der Waals surface area contributed by atoms with Gasteiger partial charge in [0.1, 0.15) is 0 Å². The largest absolute Gasteiger partial charge is 0.392 e. The number of nitrogens with one attached hydrogen (secondary N) is 1. The zero-order valence-electron chi connectivity index (χ0n) is 16.4. The Hall–Kier alpha value is -2.06. The maximum Gasteiger partial charge on any atom is 0.227 e. The third-order valence-electron chi connectivity index (χ3n) is 5.56. The number of fused-ring (bicyclic) bond motifs is 1. The first kappa shape index (κ1) is 20.2. The van der Waals surface area contributed by atoms with Crippen LogP contribution >= 0.6 is 23.6 Å². The van der Waals surface area contributed by atoms with Gasteiger partial charge in [-0.15, -0.1) is 11.3 Å². The fourth-order valence-electron chi connectivity index (χ4n) is 3.93. The third kappa shape index (κ3) is 4.75. The summed E-state index contributed by atoms with van der Waals surface area (Å²) in [6.45, 7) is 2.25. The molecule has 5 nitrogen and oxygen atoms in total. The average molecular weight is 428 g/mol. The second kappa shape index (κ2) is 8.75. The van der Waals surface area contributed by atoms with E-state index in [1.165, 1.54) is 0 Å². The molecule has 1 saturated heterocycles. The quantitative estimate of drug-likeness (QED) is 0.588. The van der Waals surface area contributed by atoms with Gasteiger partial charge in [-0.2, -0.15) is 0 Å². The number of nitrogens with zero attached hydrogens (tertiary/aromatic N) is 2. The molecule has 2 heterocycles. The summed E-state index contributed by atoms with van der Waals surface area (Å²) in [6, 6.07) is 16.1. The molecule has 1 unspecified atom stereocenters. The number of carbonyl (C=O) groups excluding carboxylic acids is 1. The molecule has 4 rings (SSSR count). The summed E-state index contributed by atoms with van der Waals surface area (Å²) in [5.74, 6) is 0.0757. The van der Waals surface area contributed by atoms with Crippen LogP contribution in [-0.4, -0.2) is 58.6 Å². The molecule has 29 heavy (non-hydrogen) atoms. The molecule has 0 saturated carbocycles. The highest BCUT2D eigenvalue weighted by Gasteiger charge is 2.28. The number of hydrogen-bond acceptors (Lipinski definition) is 5. The molecule has 1 amide bonds. The van der Waals surface area contributed by atoms with Gasteiger partial charge in [0.2, 0.25) is 5.91 Å². The molecule has 1 aliphatic rings. The number of aliphatic hydroxyl groups excluding tert-OH is 1. The number of likely N-dealkylation sites (tertiary alicyclic amines) is 1. The summed E-state index contributed by atoms with van der Waals surface area (Å²) in [4.78, 5) is 20.4. The molecule has 0 bridgehead atoms. The van der Waals surface area contributed by atoms with Crippen LogP contribution < -0.4 is 0 Å². The van der Waals surface area contributed by atoms with Crippen LogP contribution in [-0.2, 0) is 11.2 Å². The van der Waals surface area contributed by atoms with Crippen LogP contribution in [0.25, 0.3) is 10.2 Å². The first-order valence-corrected chi connectivity index (χ1v) is 11.0. The molecule has 7 heteroatoms. The lowest BCUT2D eigenvalue weighted by molar-refractivity contribution is -0.131. The molecule has 1 aliphatic heterocycles. The van der Waals surface area contributed by atoms with E-state index in [9.17, 15) is 9.90 Å². The van der Waals surface area contributed by atoms with Gasteiger partial charge in [-0.05, 0) is 41.9 Å². The topological polar surface area (TPSA) is 59.6 Å². The fraction of sp³-hybridized carbons (Fsp3) is 0.364. The molecule has 152 valence electrons. The van der Waals surface area contributed by atoms with E-state index < -0.39 is 0 Å². The molecule has 0 spiro atoms. The van der Waals surface area contributed by atoms with Gasteiger partial charge in [-0.1, -0.05) is 36.4 Å². The molecular weight excluding hydrogens is 402 g/mol. The minimum Gasteiger partial charge on any atom is -0.392 e. The van der Waals surface area contributed by atoms with E-state index in [4.69, 9.17) is 12.2 Å². The predicted molar refractivity (Wildman–Crippen MR) is 120 cm³/mol. The lowest BCUT2D eigenvalue weighted by Gasteiger charge is -2.32. The Balaban J connectivity index is 1.52. The smallest absolute Gasteiger partial charge is 0.227 e. The van der Waals surface area contributed by atoms with Crippen LogP contribution in [0.3, 0.4) is 0 Å². The number of thiazole rings is 1. The van der Waals surface area contributed by atoms with Crippen molar-refractivity contribution in [2.24, 2.45) is 0 Å². The van der Waals surface area contributed by atoms with Crippen LogP contribution in [0.5, 0.6) is 0 Å². The normalized spacial score (nSPS) is 18.2. The van der Waals surface area contributed by atoms with E-state index in [-0.39, 0.29) is 18.1 Å². The SMILES string of the molecule is CN(C(=O)Cc1ccc2sc(=S)[nH]c2c1)[C@H](CN1CCC(O)C1)c1ccccc1. The first-order chi connectivity index (χ1) is 14.0. The number of rotatable bonds is 6. The number of aliphatic hydroxyl groups is 1. The fourth-order valence-corrected chi connectivity index (χ4v) is 5.03. The maximum absolute atomic E-state index is 13.1. The number of carbonyl (C=O) groups is 1. The lowest BCUT2D eigenvalue weighted by atomic mass is 10.0. The van der Waals surface area contributed by atoms with Gasteiger partial charge in [0.25, 0.3) is 0 Å². The van der Waals surface area contributed by atoms with Gasteiger partial charge in [-0.3, -0.25) is 9.69 Å². The Morgan fingerprint density at radius 3 is 2.86 bits per heavy atom. The Labute approximate surface area is 179 Å². The average Bonchev–Trinajstić information content (AvgIpc) is 3.30. The van der Waals surface area contributed by atoms with Crippen LogP contribution in [0.2, 0.25) is 0 Å². The Morgan fingerprint density at radius 1 is 1.34 bits per heavy atom. The summed E-state index contributed by atoms with van der Waals surface area (Å²) in [7, 11) is 1.88. The van der Waals surface area contributed by atoms with Crippen molar-refractivity contribution in [2.75, 3.05) is 26.7 Å². The Bertz CT molecular complexity index is 1050. The Kier molecular flexibility index (Phi) is 6.10. The summed E-state index contributed by atoms with van der Waals surface area (Å²) >= 11 is 6.76. The number of H-pyrrole nitrogens is 1. The second-order valence-corrected chi connectivity index (χ2v) is 9.37. The Morgan fingerprint density at radius 2 is 2.14 bits per heavy atom. The molecule has 0 aliphatic carbocycles. The molecule has 2 atom stereocenters. The van der Waals surface area contributed by atoms with E-state index >= 15 is 0 Å². The number of aromatic amines is 1. The van der Waals surface area contributed by atoms with E-state index in [1.807, 2.05) is 48.3 Å². The highest BCUT2D eigenvalue weighted by molar-refractivity contribution is 7.73. The van der Waals surface area contributed by atoms with Crippen molar-refractivity contribution < 1.29 is 9.90 Å². The molecule has 2 aromatic carbocycles.